The molecule has 0 saturated carbocycles. The molecule has 2 N–H and O–H groups in total. The Morgan fingerprint density at radius 3 is 2.54 bits per heavy atom. The average molecular weight is 327 g/mol. The van der Waals surface area contributed by atoms with Gasteiger partial charge < -0.3 is 20.1 Å². The van der Waals surface area contributed by atoms with Gasteiger partial charge in [-0.05, 0) is 42.2 Å². The third-order valence-electron chi connectivity index (χ3n) is 4.41. The van der Waals surface area contributed by atoms with Crippen LogP contribution in [-0.4, -0.2) is 36.8 Å². The van der Waals surface area contributed by atoms with Crippen LogP contribution in [0.4, 0.5) is 5.82 Å². The number of ether oxygens (including phenoxy) is 1. The minimum Gasteiger partial charge on any atom is -0.497 e. The Morgan fingerprint density at radius 2 is 1.92 bits per heavy atom. The summed E-state index contributed by atoms with van der Waals surface area (Å²) < 4.78 is 5.13. The van der Waals surface area contributed by atoms with Gasteiger partial charge in [-0.25, -0.2) is 4.98 Å². The molecule has 128 valence electrons. The molecule has 0 amide bonds. The van der Waals surface area contributed by atoms with Crippen LogP contribution in [0.1, 0.15) is 30.1 Å². The molecule has 1 saturated heterocycles. The van der Waals surface area contributed by atoms with E-state index in [-0.39, 0.29) is 0 Å². The molecule has 3 rings (SSSR count). The first-order valence-electron chi connectivity index (χ1n) is 8.49. The molecule has 1 fully saturated rings. The zero-order valence-corrected chi connectivity index (χ0v) is 14.1. The maximum absolute atomic E-state index is 10.2. The number of methoxy groups -OCH3 is 1. The summed E-state index contributed by atoms with van der Waals surface area (Å²) in [5, 5.41) is 13.5. The highest BCUT2D eigenvalue weighted by atomic mass is 16.5. The van der Waals surface area contributed by atoms with Crippen molar-refractivity contribution in [1.29, 1.82) is 0 Å². The van der Waals surface area contributed by atoms with E-state index in [1.807, 2.05) is 30.5 Å². The Morgan fingerprint density at radius 1 is 1.17 bits per heavy atom. The summed E-state index contributed by atoms with van der Waals surface area (Å²) in [6.07, 6.45) is 3.90. The Kier molecular flexibility index (Phi) is 5.67. The summed E-state index contributed by atoms with van der Waals surface area (Å²) in [6, 6.07) is 11.7. The van der Waals surface area contributed by atoms with Gasteiger partial charge in [0.15, 0.2) is 0 Å². The third kappa shape index (κ3) is 4.24. The number of aliphatic hydroxyl groups is 1. The van der Waals surface area contributed by atoms with Crippen LogP contribution in [0.5, 0.6) is 5.75 Å². The second kappa shape index (κ2) is 8.13. The van der Waals surface area contributed by atoms with E-state index in [9.17, 15) is 5.11 Å². The molecule has 1 aliphatic heterocycles. The molecule has 1 atom stereocenters. The first-order valence-corrected chi connectivity index (χ1v) is 8.49. The topological polar surface area (TPSA) is 57.6 Å². The van der Waals surface area contributed by atoms with E-state index >= 15 is 0 Å². The van der Waals surface area contributed by atoms with E-state index in [4.69, 9.17) is 4.74 Å². The molecule has 5 heteroatoms. The smallest absolute Gasteiger partial charge is 0.128 e. The quantitative estimate of drug-likeness (QED) is 0.818. The van der Waals surface area contributed by atoms with Crippen LogP contribution in [0.2, 0.25) is 0 Å². The van der Waals surface area contributed by atoms with Gasteiger partial charge in [-0.3, -0.25) is 0 Å². The molecule has 1 unspecified atom stereocenters. The highest BCUT2D eigenvalue weighted by molar-refractivity contribution is 5.40. The van der Waals surface area contributed by atoms with E-state index in [0.717, 1.165) is 35.8 Å². The van der Waals surface area contributed by atoms with Gasteiger partial charge in [-0.15, -0.1) is 0 Å². The van der Waals surface area contributed by atoms with Crippen molar-refractivity contribution < 1.29 is 9.84 Å². The van der Waals surface area contributed by atoms with E-state index in [1.165, 1.54) is 12.8 Å². The molecular weight excluding hydrogens is 302 g/mol. The molecule has 2 aromatic rings. The van der Waals surface area contributed by atoms with Crippen molar-refractivity contribution in [3.8, 4) is 5.75 Å². The lowest BCUT2D eigenvalue weighted by atomic mass is 10.1. The summed E-state index contributed by atoms with van der Waals surface area (Å²) in [7, 11) is 1.63. The molecule has 24 heavy (non-hydrogen) atoms. The third-order valence-corrected chi connectivity index (χ3v) is 4.41. The first kappa shape index (κ1) is 16.7. The number of nitrogens with one attached hydrogen (secondary N) is 1. The number of aromatic nitrogens is 1. The zero-order valence-electron chi connectivity index (χ0n) is 14.1. The highest BCUT2D eigenvalue weighted by Crippen LogP contribution is 2.18. The fourth-order valence-electron chi connectivity index (χ4n) is 2.95. The van der Waals surface area contributed by atoms with Gasteiger partial charge in [0.25, 0.3) is 0 Å². The Hall–Kier alpha value is -2.11. The molecule has 2 heterocycles. The minimum atomic E-state index is -0.535. The van der Waals surface area contributed by atoms with Gasteiger partial charge in [-0.2, -0.15) is 0 Å². The van der Waals surface area contributed by atoms with Crippen LogP contribution in [0.25, 0.3) is 0 Å². The first-order chi connectivity index (χ1) is 11.8. The van der Waals surface area contributed by atoms with Crippen LogP contribution >= 0.6 is 0 Å². The van der Waals surface area contributed by atoms with Gasteiger partial charge in [0.1, 0.15) is 11.6 Å². The number of hydrogen-bond acceptors (Lipinski definition) is 5. The zero-order chi connectivity index (χ0) is 16.8. The number of benzene rings is 1. The van der Waals surface area contributed by atoms with Crippen molar-refractivity contribution in [2.45, 2.75) is 25.5 Å². The van der Waals surface area contributed by atoms with Crippen molar-refractivity contribution in [1.82, 2.24) is 10.3 Å². The summed E-state index contributed by atoms with van der Waals surface area (Å²) in [4.78, 5) is 6.87. The normalized spacial score (nSPS) is 15.5. The van der Waals surface area contributed by atoms with Gasteiger partial charge >= 0.3 is 0 Å². The lowest BCUT2D eigenvalue weighted by Crippen LogP contribution is -2.22. The Bertz CT molecular complexity index is 622. The predicted molar refractivity (Wildman–Crippen MR) is 95.3 cm³/mol. The summed E-state index contributed by atoms with van der Waals surface area (Å²) in [5.74, 6) is 1.86. The molecule has 0 bridgehead atoms. The maximum Gasteiger partial charge on any atom is 0.128 e. The van der Waals surface area contributed by atoms with Crippen molar-refractivity contribution in [2.75, 3.05) is 31.6 Å². The predicted octanol–water partition coefficient (Wildman–Crippen LogP) is 2.51. The van der Waals surface area contributed by atoms with Crippen molar-refractivity contribution in [2.24, 2.45) is 0 Å². The second-order valence-electron chi connectivity index (χ2n) is 6.14. The highest BCUT2D eigenvalue weighted by Gasteiger charge is 2.13. The molecule has 0 spiro atoms. The van der Waals surface area contributed by atoms with Gasteiger partial charge in [0.05, 0.1) is 13.2 Å². The van der Waals surface area contributed by atoms with E-state index in [0.29, 0.717) is 13.1 Å². The number of pyridine rings is 1. The largest absolute Gasteiger partial charge is 0.497 e. The lowest BCUT2D eigenvalue weighted by Gasteiger charge is -2.16. The van der Waals surface area contributed by atoms with Crippen LogP contribution in [0.3, 0.4) is 0 Å². The minimum absolute atomic E-state index is 0.500. The van der Waals surface area contributed by atoms with Crippen molar-refractivity contribution >= 4 is 5.82 Å². The summed E-state index contributed by atoms with van der Waals surface area (Å²) >= 11 is 0. The number of aliphatic hydroxyl groups excluding tert-OH is 1. The number of rotatable bonds is 7. The Labute approximate surface area is 143 Å². The van der Waals surface area contributed by atoms with Crippen LogP contribution in [0.15, 0.2) is 42.6 Å². The SMILES string of the molecule is COc1ccc(C(O)CNCc2ccc(N3CCCC3)nc2)cc1. The number of nitrogens with zero attached hydrogens (tertiary/aromatic N) is 2. The second-order valence-corrected chi connectivity index (χ2v) is 6.14. The standard InChI is InChI=1S/C19H25N3O2/c1-24-17-7-5-16(6-8-17)18(23)14-20-12-15-4-9-19(21-13-15)22-10-2-3-11-22/h4-9,13,18,20,23H,2-3,10-12,14H2,1H3. The van der Waals surface area contributed by atoms with Gasteiger partial charge in [0.2, 0.25) is 0 Å². The number of hydrogen-bond donors (Lipinski definition) is 2. The molecule has 1 aliphatic rings. The van der Waals surface area contributed by atoms with Crippen LogP contribution in [-0.2, 0) is 6.54 Å². The van der Waals surface area contributed by atoms with Crippen molar-refractivity contribution in [3.05, 3.63) is 53.7 Å². The van der Waals surface area contributed by atoms with Gasteiger partial charge in [-0.1, -0.05) is 18.2 Å². The number of anilines is 1. The molecule has 0 radical (unpaired) electrons. The summed E-state index contributed by atoms with van der Waals surface area (Å²) in [5.41, 5.74) is 2.01. The molecule has 0 aliphatic carbocycles. The monoisotopic (exact) mass is 327 g/mol. The van der Waals surface area contributed by atoms with Gasteiger partial charge in [0, 0.05) is 32.4 Å². The van der Waals surface area contributed by atoms with E-state index in [2.05, 4.69) is 27.3 Å². The average Bonchev–Trinajstić information content (AvgIpc) is 3.17. The molecular formula is C19H25N3O2. The van der Waals surface area contributed by atoms with E-state index < -0.39 is 6.10 Å². The van der Waals surface area contributed by atoms with Crippen LogP contribution in [0, 0.1) is 0 Å². The maximum atomic E-state index is 10.2. The van der Waals surface area contributed by atoms with Crippen molar-refractivity contribution in [3.63, 3.8) is 0 Å². The molecule has 1 aromatic heterocycles. The van der Waals surface area contributed by atoms with Crippen LogP contribution < -0.4 is 15.0 Å². The summed E-state index contributed by atoms with van der Waals surface area (Å²) in [6.45, 7) is 3.41. The molecule has 1 aromatic carbocycles. The van der Waals surface area contributed by atoms with E-state index in [1.54, 1.807) is 7.11 Å². The molecule has 5 nitrogen and oxygen atoms in total. The lowest BCUT2D eigenvalue weighted by molar-refractivity contribution is 0.174. The fourth-order valence-corrected chi connectivity index (χ4v) is 2.95. The Balaban J connectivity index is 1.46. The fraction of sp³-hybridized carbons (Fsp3) is 0.421.